The molecule has 1 N–H and O–H groups in total. The average Bonchev–Trinajstić information content (AvgIpc) is 2.97. The summed E-state index contributed by atoms with van der Waals surface area (Å²) in [5.41, 5.74) is 2.49. The number of nitrogens with zero attached hydrogens (tertiary/aromatic N) is 3. The Hall–Kier alpha value is -3.51. The van der Waals surface area contributed by atoms with Crippen LogP contribution in [0.2, 0.25) is 5.02 Å². The van der Waals surface area contributed by atoms with E-state index < -0.39 is 0 Å². The van der Waals surface area contributed by atoms with Gasteiger partial charge in [0.1, 0.15) is 17.3 Å². The van der Waals surface area contributed by atoms with Crippen molar-refractivity contribution >= 4 is 34.8 Å². The van der Waals surface area contributed by atoms with Gasteiger partial charge in [-0.25, -0.2) is 9.79 Å². The van der Waals surface area contributed by atoms with E-state index in [1.54, 1.807) is 24.3 Å². The number of nitrogens with one attached hydrogen (secondary N) is 1. The number of ether oxygens (including phenoxy) is 1. The molecule has 2 aliphatic heterocycles. The van der Waals surface area contributed by atoms with Gasteiger partial charge in [-0.05, 0) is 48.5 Å². The fraction of sp³-hybridized carbons (Fsp3) is 0.167. The number of rotatable bonds is 1. The fourth-order valence-corrected chi connectivity index (χ4v) is 3.89. The van der Waals surface area contributed by atoms with E-state index in [1.165, 1.54) is 0 Å². The van der Waals surface area contributed by atoms with Gasteiger partial charge in [0.05, 0.1) is 5.56 Å². The van der Waals surface area contributed by atoms with Gasteiger partial charge in [-0.1, -0.05) is 35.9 Å². The van der Waals surface area contributed by atoms with Gasteiger partial charge in [-0.3, -0.25) is 0 Å². The first-order valence-electron chi connectivity index (χ1n) is 10.2. The van der Waals surface area contributed by atoms with Gasteiger partial charge in [-0.15, -0.1) is 0 Å². The zero-order valence-electron chi connectivity index (χ0n) is 16.8. The number of aliphatic imine (C=N–C) groups is 1. The second-order valence-corrected chi connectivity index (χ2v) is 7.85. The Morgan fingerprint density at radius 2 is 1.55 bits per heavy atom. The third-order valence-corrected chi connectivity index (χ3v) is 5.65. The first-order valence-corrected chi connectivity index (χ1v) is 10.6. The van der Waals surface area contributed by atoms with Gasteiger partial charge < -0.3 is 19.9 Å². The summed E-state index contributed by atoms with van der Waals surface area (Å²) in [5.74, 6) is 2.40. The van der Waals surface area contributed by atoms with Crippen LogP contribution >= 0.6 is 11.6 Å². The van der Waals surface area contributed by atoms with Gasteiger partial charge in [0, 0.05) is 36.9 Å². The molecule has 0 unspecified atom stereocenters. The number of carbonyl (C=O) groups excluding carboxylic acids is 1. The van der Waals surface area contributed by atoms with E-state index in [0.717, 1.165) is 34.3 Å². The van der Waals surface area contributed by atoms with E-state index >= 15 is 0 Å². The van der Waals surface area contributed by atoms with E-state index in [0.29, 0.717) is 31.2 Å². The number of piperazine rings is 1. The van der Waals surface area contributed by atoms with Crippen molar-refractivity contribution in [3.05, 3.63) is 83.4 Å². The Labute approximate surface area is 185 Å². The molecule has 0 saturated carbocycles. The normalized spacial score (nSPS) is 15.2. The maximum atomic E-state index is 12.7. The highest BCUT2D eigenvalue weighted by molar-refractivity contribution is 6.30. The van der Waals surface area contributed by atoms with Gasteiger partial charge in [-0.2, -0.15) is 0 Å². The zero-order valence-corrected chi connectivity index (χ0v) is 17.5. The standard InChI is InChI=1S/C24H21ClN4O2/c25-17-9-11-18(12-10-17)26-24(30)29-15-13-28(14-16-29)23-19-5-1-3-7-21(19)31-22-8-4-2-6-20(22)27-23/h1-12H,13-16H2,(H,26,30). The molecule has 6 nitrogen and oxygen atoms in total. The molecule has 0 bridgehead atoms. The van der Waals surface area contributed by atoms with Crippen molar-refractivity contribution in [2.75, 3.05) is 31.5 Å². The summed E-state index contributed by atoms with van der Waals surface area (Å²) in [6, 6.07) is 22.7. The maximum Gasteiger partial charge on any atom is 0.321 e. The molecule has 0 aliphatic carbocycles. The van der Waals surface area contributed by atoms with Crippen LogP contribution in [0.1, 0.15) is 5.56 Å². The number of carbonyl (C=O) groups is 1. The van der Waals surface area contributed by atoms with Crippen LogP contribution in [0.15, 0.2) is 77.8 Å². The molecule has 0 radical (unpaired) electrons. The molecule has 7 heteroatoms. The molecule has 3 aromatic rings. The van der Waals surface area contributed by atoms with Crippen LogP contribution in [0.3, 0.4) is 0 Å². The molecular formula is C24H21ClN4O2. The number of benzene rings is 3. The van der Waals surface area contributed by atoms with Crippen molar-refractivity contribution in [2.45, 2.75) is 0 Å². The van der Waals surface area contributed by atoms with E-state index in [9.17, 15) is 4.79 Å². The van der Waals surface area contributed by atoms with Crippen LogP contribution in [-0.4, -0.2) is 47.8 Å². The van der Waals surface area contributed by atoms with Gasteiger partial charge >= 0.3 is 6.03 Å². The van der Waals surface area contributed by atoms with E-state index in [-0.39, 0.29) is 6.03 Å². The van der Waals surface area contributed by atoms with Crippen molar-refractivity contribution in [1.82, 2.24) is 9.80 Å². The lowest BCUT2D eigenvalue weighted by molar-refractivity contribution is 0.181. The second kappa shape index (κ2) is 8.32. The highest BCUT2D eigenvalue weighted by Crippen LogP contribution is 2.37. The summed E-state index contributed by atoms with van der Waals surface area (Å²) in [6.07, 6.45) is 0. The number of amides is 2. The summed E-state index contributed by atoms with van der Waals surface area (Å²) in [7, 11) is 0. The first-order chi connectivity index (χ1) is 15.2. The highest BCUT2D eigenvalue weighted by Gasteiger charge is 2.27. The van der Waals surface area contributed by atoms with Crippen molar-refractivity contribution in [3.63, 3.8) is 0 Å². The lowest BCUT2D eigenvalue weighted by Crippen LogP contribution is -2.51. The summed E-state index contributed by atoms with van der Waals surface area (Å²) in [4.78, 5) is 21.6. The molecule has 31 heavy (non-hydrogen) atoms. The molecule has 0 aromatic heterocycles. The molecule has 1 saturated heterocycles. The molecule has 156 valence electrons. The number of hydrogen-bond acceptors (Lipinski definition) is 4. The van der Waals surface area contributed by atoms with Gasteiger partial charge in [0.25, 0.3) is 0 Å². The SMILES string of the molecule is O=C(Nc1ccc(Cl)cc1)N1CCN(C2=Nc3ccccc3Oc3ccccc32)CC1. The molecule has 0 atom stereocenters. The lowest BCUT2D eigenvalue weighted by Gasteiger charge is -2.36. The predicted octanol–water partition coefficient (Wildman–Crippen LogP) is 5.37. The Morgan fingerprint density at radius 3 is 2.32 bits per heavy atom. The molecule has 2 amide bonds. The van der Waals surface area contributed by atoms with Crippen molar-refractivity contribution in [1.29, 1.82) is 0 Å². The second-order valence-electron chi connectivity index (χ2n) is 7.41. The topological polar surface area (TPSA) is 57.2 Å². The summed E-state index contributed by atoms with van der Waals surface area (Å²) in [5, 5.41) is 3.57. The average molecular weight is 433 g/mol. The number of urea groups is 1. The van der Waals surface area contributed by atoms with E-state index in [2.05, 4.69) is 10.2 Å². The van der Waals surface area contributed by atoms with Crippen LogP contribution in [0.5, 0.6) is 11.5 Å². The number of hydrogen-bond donors (Lipinski definition) is 1. The van der Waals surface area contributed by atoms with Crippen molar-refractivity contribution < 1.29 is 9.53 Å². The minimum Gasteiger partial charge on any atom is -0.454 e. The Kier molecular flexibility index (Phi) is 5.22. The summed E-state index contributed by atoms with van der Waals surface area (Å²) >= 11 is 5.92. The Morgan fingerprint density at radius 1 is 0.871 bits per heavy atom. The Balaban J connectivity index is 1.33. The molecule has 2 heterocycles. The molecule has 0 spiro atoms. The van der Waals surface area contributed by atoms with Crippen molar-refractivity contribution in [3.8, 4) is 11.5 Å². The number of fused-ring (bicyclic) bond motifs is 2. The smallest absolute Gasteiger partial charge is 0.321 e. The number of anilines is 1. The fourth-order valence-electron chi connectivity index (χ4n) is 3.77. The predicted molar refractivity (Wildman–Crippen MR) is 123 cm³/mol. The lowest BCUT2D eigenvalue weighted by atomic mass is 10.1. The van der Waals surface area contributed by atoms with E-state index in [1.807, 2.05) is 53.4 Å². The van der Waals surface area contributed by atoms with E-state index in [4.69, 9.17) is 21.3 Å². The molecule has 2 aliphatic rings. The van der Waals surface area contributed by atoms with Crippen LogP contribution in [-0.2, 0) is 0 Å². The monoisotopic (exact) mass is 432 g/mol. The first kappa shape index (κ1) is 19.5. The molecule has 5 rings (SSSR count). The van der Waals surface area contributed by atoms with Crippen LogP contribution < -0.4 is 10.1 Å². The maximum absolute atomic E-state index is 12.7. The number of halogens is 1. The van der Waals surface area contributed by atoms with Gasteiger partial charge in [0.15, 0.2) is 5.75 Å². The highest BCUT2D eigenvalue weighted by atomic mass is 35.5. The van der Waals surface area contributed by atoms with Crippen LogP contribution in [0.25, 0.3) is 0 Å². The number of amidine groups is 1. The molecule has 3 aromatic carbocycles. The third-order valence-electron chi connectivity index (χ3n) is 5.40. The quantitative estimate of drug-likeness (QED) is 0.562. The third kappa shape index (κ3) is 4.07. The van der Waals surface area contributed by atoms with Crippen molar-refractivity contribution in [2.24, 2.45) is 4.99 Å². The zero-order chi connectivity index (χ0) is 21.2. The molecule has 1 fully saturated rings. The minimum atomic E-state index is -0.112. The Bertz CT molecular complexity index is 1140. The van der Waals surface area contributed by atoms with Gasteiger partial charge in [0.2, 0.25) is 0 Å². The molecular weight excluding hydrogens is 412 g/mol. The summed E-state index contributed by atoms with van der Waals surface area (Å²) < 4.78 is 6.13. The van der Waals surface area contributed by atoms with Crippen LogP contribution in [0.4, 0.5) is 16.2 Å². The van der Waals surface area contributed by atoms with Crippen LogP contribution in [0, 0.1) is 0 Å². The summed E-state index contributed by atoms with van der Waals surface area (Å²) in [6.45, 7) is 2.57. The largest absolute Gasteiger partial charge is 0.454 e. The number of para-hydroxylation sites is 3. The minimum absolute atomic E-state index is 0.112.